The van der Waals surface area contributed by atoms with Gasteiger partial charge >= 0.3 is 6.09 Å². The van der Waals surface area contributed by atoms with Crippen molar-refractivity contribution >= 4 is 29.6 Å². The molecule has 1 aliphatic heterocycles. The van der Waals surface area contributed by atoms with Gasteiger partial charge in [-0.3, -0.25) is 19.2 Å². The lowest BCUT2D eigenvalue weighted by Crippen LogP contribution is -2.52. The van der Waals surface area contributed by atoms with E-state index in [2.05, 4.69) is 16.0 Å². The zero-order chi connectivity index (χ0) is 24.2. The molecule has 184 valence electrons. The Morgan fingerprint density at radius 1 is 1.09 bits per heavy atom. The topological polar surface area (TPSA) is 157 Å². The number of nitrogens with two attached hydrogens (primary N) is 1. The number of Topliss-reactive ketones (excluding diaryl/α,β-unsaturated/α-hetero) is 1. The molecule has 0 bridgehead atoms. The lowest BCUT2D eigenvalue weighted by atomic mass is 9.85. The van der Waals surface area contributed by atoms with E-state index in [0.717, 1.165) is 44.9 Å². The molecular weight excluding hydrogens is 428 g/mol. The summed E-state index contributed by atoms with van der Waals surface area (Å²) in [6.07, 6.45) is 5.25. The van der Waals surface area contributed by atoms with E-state index in [0.29, 0.717) is 12.8 Å². The molecule has 0 aromatic rings. The number of carbonyl (C=O) groups excluding carboxylic acids is 5. The van der Waals surface area contributed by atoms with Crippen LogP contribution in [0.15, 0.2) is 0 Å². The maximum atomic E-state index is 13.1. The van der Waals surface area contributed by atoms with Crippen LogP contribution in [0.25, 0.3) is 0 Å². The molecule has 0 aromatic heterocycles. The van der Waals surface area contributed by atoms with Crippen molar-refractivity contribution in [1.29, 1.82) is 0 Å². The van der Waals surface area contributed by atoms with Gasteiger partial charge in [0.15, 0.2) is 6.10 Å². The van der Waals surface area contributed by atoms with Crippen molar-refractivity contribution < 1.29 is 28.7 Å². The third kappa shape index (κ3) is 7.43. The zero-order valence-corrected chi connectivity index (χ0v) is 19.5. The summed E-state index contributed by atoms with van der Waals surface area (Å²) in [5.74, 6) is -2.79. The Balaban J connectivity index is 1.71. The highest BCUT2D eigenvalue weighted by molar-refractivity contribution is 6.38. The van der Waals surface area contributed by atoms with Crippen molar-refractivity contribution in [2.24, 2.45) is 17.6 Å². The Bertz CT molecular complexity index is 788. The molecule has 3 aliphatic rings. The van der Waals surface area contributed by atoms with Gasteiger partial charge in [-0.25, -0.2) is 4.79 Å². The van der Waals surface area contributed by atoms with Crippen molar-refractivity contribution in [3.05, 3.63) is 0 Å². The van der Waals surface area contributed by atoms with Crippen LogP contribution in [0.3, 0.4) is 0 Å². The van der Waals surface area contributed by atoms with Crippen molar-refractivity contribution in [1.82, 2.24) is 16.0 Å². The molecule has 33 heavy (non-hydrogen) atoms. The Kier molecular flexibility index (Phi) is 7.97. The number of hydrogen-bond donors (Lipinski definition) is 4. The summed E-state index contributed by atoms with van der Waals surface area (Å²) in [7, 11) is 0. The minimum absolute atomic E-state index is 0.00928. The highest BCUT2D eigenvalue weighted by atomic mass is 16.6. The molecule has 5 N–H and O–H groups in total. The van der Waals surface area contributed by atoms with Crippen LogP contribution in [-0.2, 0) is 23.9 Å². The Labute approximate surface area is 194 Å². The fraction of sp³-hybridized carbons (Fsp3) is 0.783. The first-order chi connectivity index (χ1) is 15.5. The fourth-order valence-electron chi connectivity index (χ4n) is 4.88. The van der Waals surface area contributed by atoms with Crippen molar-refractivity contribution in [3.8, 4) is 0 Å². The molecule has 1 heterocycles. The number of amides is 4. The van der Waals surface area contributed by atoms with Crippen LogP contribution in [0.2, 0.25) is 0 Å². The van der Waals surface area contributed by atoms with Gasteiger partial charge in [0.2, 0.25) is 11.7 Å². The summed E-state index contributed by atoms with van der Waals surface area (Å²) in [6.45, 7) is 3.75. The Morgan fingerprint density at radius 3 is 2.30 bits per heavy atom. The van der Waals surface area contributed by atoms with E-state index in [1.165, 1.54) is 0 Å². The van der Waals surface area contributed by atoms with E-state index in [1.54, 1.807) is 0 Å². The summed E-state index contributed by atoms with van der Waals surface area (Å²) in [5, 5.41) is 8.11. The molecule has 4 amide bonds. The van der Waals surface area contributed by atoms with E-state index < -0.39 is 47.3 Å². The predicted molar refractivity (Wildman–Crippen MR) is 119 cm³/mol. The standard InChI is InChI=1S/C23H36N4O6/c1-23(2)12-14(19(29)27-23)11-16(18(28)21(31)25-15-8-9-15)26-20(30)17(33-22(24)32)10-13-6-4-3-5-7-13/h13-17H,3-12H2,1-2H3,(H2,24,32)(H,25,31)(H,26,30)(H,27,29). The van der Waals surface area contributed by atoms with E-state index >= 15 is 0 Å². The van der Waals surface area contributed by atoms with Crippen molar-refractivity contribution in [3.63, 3.8) is 0 Å². The van der Waals surface area contributed by atoms with Gasteiger partial charge in [0.05, 0.1) is 6.04 Å². The van der Waals surface area contributed by atoms with E-state index in [9.17, 15) is 24.0 Å². The second-order valence-electron chi connectivity index (χ2n) is 10.3. The summed E-state index contributed by atoms with van der Waals surface area (Å²) >= 11 is 0. The lowest BCUT2D eigenvalue weighted by molar-refractivity contribution is -0.142. The monoisotopic (exact) mass is 464 g/mol. The molecule has 10 nitrogen and oxygen atoms in total. The highest BCUT2D eigenvalue weighted by Crippen LogP contribution is 2.30. The normalized spacial score (nSPS) is 24.3. The van der Waals surface area contributed by atoms with Gasteiger partial charge in [-0.05, 0) is 51.9 Å². The molecular formula is C23H36N4O6. The van der Waals surface area contributed by atoms with Gasteiger partial charge in [-0.15, -0.1) is 0 Å². The molecule has 1 saturated heterocycles. The summed E-state index contributed by atoms with van der Waals surface area (Å²) in [6, 6.07) is -1.23. The first kappa shape index (κ1) is 25.0. The second kappa shape index (κ2) is 10.5. The summed E-state index contributed by atoms with van der Waals surface area (Å²) < 4.78 is 5.09. The smallest absolute Gasteiger partial charge is 0.405 e. The van der Waals surface area contributed by atoms with Crippen LogP contribution in [0.4, 0.5) is 4.79 Å². The molecule has 3 fully saturated rings. The summed E-state index contributed by atoms with van der Waals surface area (Å²) in [5.41, 5.74) is 4.76. The van der Waals surface area contributed by atoms with E-state index in [-0.39, 0.29) is 24.3 Å². The molecule has 3 unspecified atom stereocenters. The maximum absolute atomic E-state index is 13.1. The molecule has 3 rings (SSSR count). The van der Waals surface area contributed by atoms with Gasteiger partial charge in [-0.1, -0.05) is 32.1 Å². The van der Waals surface area contributed by atoms with Crippen LogP contribution in [-0.4, -0.2) is 53.3 Å². The molecule has 3 atom stereocenters. The van der Waals surface area contributed by atoms with Gasteiger partial charge in [0.1, 0.15) is 0 Å². The first-order valence-electron chi connectivity index (χ1n) is 12.0. The number of ether oxygens (including phenoxy) is 1. The Morgan fingerprint density at radius 2 is 1.76 bits per heavy atom. The second-order valence-corrected chi connectivity index (χ2v) is 10.3. The van der Waals surface area contributed by atoms with E-state index in [4.69, 9.17) is 10.5 Å². The first-order valence-corrected chi connectivity index (χ1v) is 12.0. The van der Waals surface area contributed by atoms with Crippen LogP contribution >= 0.6 is 0 Å². The molecule has 2 aliphatic carbocycles. The van der Waals surface area contributed by atoms with Crippen LogP contribution in [0, 0.1) is 11.8 Å². The number of carbonyl (C=O) groups is 5. The molecule has 10 heteroatoms. The number of rotatable bonds is 10. The SMILES string of the molecule is CC1(C)CC(CC(NC(=O)C(CC2CCCCC2)OC(N)=O)C(=O)C(=O)NC2CC2)C(=O)N1. The third-order valence-corrected chi connectivity index (χ3v) is 6.70. The third-order valence-electron chi connectivity index (χ3n) is 6.70. The van der Waals surface area contributed by atoms with Gasteiger partial charge < -0.3 is 26.4 Å². The fourth-order valence-corrected chi connectivity index (χ4v) is 4.88. The van der Waals surface area contributed by atoms with E-state index in [1.807, 2.05) is 13.8 Å². The number of ketones is 1. The van der Waals surface area contributed by atoms with Gasteiger partial charge in [0, 0.05) is 17.5 Å². The van der Waals surface area contributed by atoms with Crippen LogP contribution < -0.4 is 21.7 Å². The zero-order valence-electron chi connectivity index (χ0n) is 19.5. The van der Waals surface area contributed by atoms with Crippen LogP contribution in [0.5, 0.6) is 0 Å². The molecule has 0 radical (unpaired) electrons. The van der Waals surface area contributed by atoms with Crippen LogP contribution in [0.1, 0.15) is 78.1 Å². The quantitative estimate of drug-likeness (QED) is 0.354. The van der Waals surface area contributed by atoms with Gasteiger partial charge in [-0.2, -0.15) is 0 Å². The average Bonchev–Trinajstić information content (AvgIpc) is 3.50. The Hall–Kier alpha value is -2.65. The van der Waals surface area contributed by atoms with Crippen molar-refractivity contribution in [2.45, 2.75) is 102 Å². The number of nitrogens with one attached hydrogen (secondary N) is 3. The minimum atomic E-state index is -1.20. The maximum Gasteiger partial charge on any atom is 0.405 e. The molecule has 0 spiro atoms. The molecule has 2 saturated carbocycles. The molecule has 0 aromatic carbocycles. The average molecular weight is 465 g/mol. The predicted octanol–water partition coefficient (Wildman–Crippen LogP) is 1.06. The van der Waals surface area contributed by atoms with Crippen molar-refractivity contribution in [2.75, 3.05) is 0 Å². The number of primary amides is 1. The lowest BCUT2D eigenvalue weighted by Gasteiger charge is -2.27. The summed E-state index contributed by atoms with van der Waals surface area (Å²) in [4.78, 5) is 62.3. The largest absolute Gasteiger partial charge is 0.436 e. The minimum Gasteiger partial charge on any atom is -0.436 e. The number of hydrogen-bond acceptors (Lipinski definition) is 6. The van der Waals surface area contributed by atoms with Gasteiger partial charge in [0.25, 0.3) is 11.8 Å². The highest BCUT2D eigenvalue weighted by Gasteiger charge is 2.42.